The highest BCUT2D eigenvalue weighted by Gasteiger charge is 2.30. The van der Waals surface area contributed by atoms with Gasteiger partial charge >= 0.3 is 0 Å². The third-order valence-corrected chi connectivity index (χ3v) is 4.11. The van der Waals surface area contributed by atoms with Crippen LogP contribution in [0.3, 0.4) is 0 Å². The monoisotopic (exact) mass is 241 g/mol. The van der Waals surface area contributed by atoms with Crippen LogP contribution in [-0.2, 0) is 10.0 Å². The lowest BCUT2D eigenvalue weighted by molar-refractivity contribution is 0.477. The number of aryl methyl sites for hydroxylation is 1. The minimum atomic E-state index is -3.06. The van der Waals surface area contributed by atoms with E-state index in [1.165, 1.54) is 10.6 Å². The molecule has 0 amide bonds. The Balaban J connectivity index is 2.15. The number of nitrogens with zero attached hydrogens (tertiary/aromatic N) is 3. The highest BCUT2D eigenvalue weighted by atomic mass is 32.2. The minimum Gasteiger partial charge on any atom is -0.242 e. The van der Waals surface area contributed by atoms with Gasteiger partial charge in [0.2, 0.25) is 10.0 Å². The molecule has 16 heavy (non-hydrogen) atoms. The molecule has 1 unspecified atom stereocenters. The molecule has 0 aliphatic carbocycles. The largest absolute Gasteiger partial charge is 0.242 e. The van der Waals surface area contributed by atoms with Crippen molar-refractivity contribution in [2.45, 2.75) is 19.3 Å². The lowest BCUT2D eigenvalue weighted by Crippen LogP contribution is -2.27. The van der Waals surface area contributed by atoms with Gasteiger partial charge in [-0.15, -0.1) is 0 Å². The standard InChI is InChI=1S/C10H15N3O2S/c1-8-11-5-3-10(12-8)9-4-6-13(7-9)16(2,14)15/h3,5,9H,4,6-7H2,1-2H3. The van der Waals surface area contributed by atoms with E-state index in [1.54, 1.807) is 6.20 Å². The predicted octanol–water partition coefficient (Wildman–Crippen LogP) is 0.534. The molecular weight excluding hydrogens is 226 g/mol. The Morgan fingerprint density at radius 1 is 1.50 bits per heavy atom. The van der Waals surface area contributed by atoms with E-state index in [1.807, 2.05) is 13.0 Å². The van der Waals surface area contributed by atoms with Crippen LogP contribution in [0.2, 0.25) is 0 Å². The summed E-state index contributed by atoms with van der Waals surface area (Å²) in [5, 5.41) is 0. The van der Waals surface area contributed by atoms with E-state index in [0.29, 0.717) is 13.1 Å². The molecule has 88 valence electrons. The maximum Gasteiger partial charge on any atom is 0.211 e. The molecule has 6 heteroatoms. The smallest absolute Gasteiger partial charge is 0.211 e. The Hall–Kier alpha value is -1.01. The quantitative estimate of drug-likeness (QED) is 0.758. The van der Waals surface area contributed by atoms with Crippen molar-refractivity contribution in [2.24, 2.45) is 0 Å². The van der Waals surface area contributed by atoms with E-state index in [9.17, 15) is 8.42 Å². The van der Waals surface area contributed by atoms with Crippen molar-refractivity contribution in [2.75, 3.05) is 19.3 Å². The normalized spacial score (nSPS) is 22.5. The zero-order chi connectivity index (χ0) is 11.8. The first-order chi connectivity index (χ1) is 7.47. The van der Waals surface area contributed by atoms with Crippen molar-refractivity contribution >= 4 is 10.0 Å². The highest BCUT2D eigenvalue weighted by molar-refractivity contribution is 7.88. The van der Waals surface area contributed by atoms with Gasteiger partial charge in [-0.2, -0.15) is 0 Å². The summed E-state index contributed by atoms with van der Waals surface area (Å²) in [5.41, 5.74) is 0.943. The second kappa shape index (κ2) is 4.10. The van der Waals surface area contributed by atoms with Crippen LogP contribution in [0.5, 0.6) is 0 Å². The van der Waals surface area contributed by atoms with E-state index < -0.39 is 10.0 Å². The van der Waals surface area contributed by atoms with Gasteiger partial charge < -0.3 is 0 Å². The van der Waals surface area contributed by atoms with Gasteiger partial charge in [0, 0.05) is 30.9 Å². The van der Waals surface area contributed by atoms with Crippen molar-refractivity contribution in [3.05, 3.63) is 23.8 Å². The van der Waals surface area contributed by atoms with Gasteiger partial charge in [0.05, 0.1) is 6.26 Å². The molecule has 5 nitrogen and oxygen atoms in total. The Morgan fingerprint density at radius 3 is 2.81 bits per heavy atom. The van der Waals surface area contributed by atoms with Gasteiger partial charge in [0.1, 0.15) is 5.82 Å². The lowest BCUT2D eigenvalue weighted by atomic mass is 10.1. The zero-order valence-corrected chi connectivity index (χ0v) is 10.2. The van der Waals surface area contributed by atoms with E-state index >= 15 is 0 Å². The van der Waals surface area contributed by atoms with Crippen LogP contribution in [0.15, 0.2) is 12.3 Å². The number of hydrogen-bond donors (Lipinski definition) is 0. The van der Waals surface area contributed by atoms with E-state index in [0.717, 1.165) is 17.9 Å². The molecule has 2 rings (SSSR count). The lowest BCUT2D eigenvalue weighted by Gasteiger charge is -2.13. The molecule has 0 aromatic carbocycles. The summed E-state index contributed by atoms with van der Waals surface area (Å²) in [4.78, 5) is 8.38. The SMILES string of the molecule is Cc1nccc(C2CCN(S(C)(=O)=O)C2)n1. The van der Waals surface area contributed by atoms with Crippen molar-refractivity contribution in [3.8, 4) is 0 Å². The molecule has 0 radical (unpaired) electrons. The average molecular weight is 241 g/mol. The fourth-order valence-electron chi connectivity index (χ4n) is 1.97. The summed E-state index contributed by atoms with van der Waals surface area (Å²) >= 11 is 0. The molecule has 1 aliphatic heterocycles. The Bertz CT molecular complexity index is 487. The van der Waals surface area contributed by atoms with Crippen LogP contribution < -0.4 is 0 Å². The number of hydrogen-bond acceptors (Lipinski definition) is 4. The number of sulfonamides is 1. The maximum atomic E-state index is 11.4. The molecule has 2 heterocycles. The van der Waals surface area contributed by atoms with Gasteiger partial charge in [-0.1, -0.05) is 0 Å². The van der Waals surface area contributed by atoms with E-state index in [-0.39, 0.29) is 5.92 Å². The van der Waals surface area contributed by atoms with E-state index in [2.05, 4.69) is 9.97 Å². The second-order valence-electron chi connectivity index (χ2n) is 4.14. The molecule has 1 atom stereocenters. The van der Waals surface area contributed by atoms with Crippen LogP contribution in [0.25, 0.3) is 0 Å². The van der Waals surface area contributed by atoms with Gasteiger partial charge in [0.15, 0.2) is 0 Å². The summed E-state index contributed by atoms with van der Waals surface area (Å²) in [6.07, 6.45) is 3.81. The molecule has 1 fully saturated rings. The topological polar surface area (TPSA) is 63.2 Å². The molecular formula is C10H15N3O2S. The molecule has 0 bridgehead atoms. The fraction of sp³-hybridized carbons (Fsp3) is 0.600. The molecule has 1 aromatic heterocycles. The van der Waals surface area contributed by atoms with Crippen LogP contribution in [0.4, 0.5) is 0 Å². The third-order valence-electron chi connectivity index (χ3n) is 2.84. The van der Waals surface area contributed by atoms with Gasteiger partial charge in [-0.3, -0.25) is 0 Å². The summed E-state index contributed by atoms with van der Waals surface area (Å²) in [6.45, 7) is 2.97. The summed E-state index contributed by atoms with van der Waals surface area (Å²) in [6, 6.07) is 1.86. The highest BCUT2D eigenvalue weighted by Crippen LogP contribution is 2.26. The summed E-state index contributed by atoms with van der Waals surface area (Å²) in [7, 11) is -3.06. The number of aromatic nitrogens is 2. The predicted molar refractivity (Wildman–Crippen MR) is 60.5 cm³/mol. The van der Waals surface area contributed by atoms with E-state index in [4.69, 9.17) is 0 Å². The molecule has 1 saturated heterocycles. The van der Waals surface area contributed by atoms with Crippen molar-refractivity contribution < 1.29 is 8.42 Å². The van der Waals surface area contributed by atoms with Gasteiger partial charge in [-0.05, 0) is 19.4 Å². The van der Waals surface area contributed by atoms with Crippen LogP contribution in [-0.4, -0.2) is 42.0 Å². The van der Waals surface area contributed by atoms with Gasteiger partial charge in [-0.25, -0.2) is 22.7 Å². The Labute approximate surface area is 95.6 Å². The van der Waals surface area contributed by atoms with Crippen molar-refractivity contribution in [1.29, 1.82) is 0 Å². The molecule has 1 aliphatic rings. The van der Waals surface area contributed by atoms with Crippen molar-refractivity contribution in [1.82, 2.24) is 14.3 Å². The van der Waals surface area contributed by atoms with Crippen LogP contribution in [0, 0.1) is 6.92 Å². The average Bonchev–Trinajstić information content (AvgIpc) is 2.65. The molecule has 0 N–H and O–H groups in total. The Kier molecular flexibility index (Phi) is 2.94. The summed E-state index contributed by atoms with van der Waals surface area (Å²) in [5.74, 6) is 0.937. The second-order valence-corrected chi connectivity index (χ2v) is 6.12. The minimum absolute atomic E-state index is 0.205. The zero-order valence-electron chi connectivity index (χ0n) is 9.42. The molecule has 0 saturated carbocycles. The fourth-order valence-corrected chi connectivity index (χ4v) is 2.86. The first-order valence-electron chi connectivity index (χ1n) is 5.21. The van der Waals surface area contributed by atoms with Crippen LogP contribution >= 0.6 is 0 Å². The first kappa shape index (κ1) is 11.5. The Morgan fingerprint density at radius 2 is 2.25 bits per heavy atom. The number of rotatable bonds is 2. The van der Waals surface area contributed by atoms with Crippen LogP contribution in [0.1, 0.15) is 23.9 Å². The maximum absolute atomic E-state index is 11.4. The molecule has 0 spiro atoms. The summed E-state index contributed by atoms with van der Waals surface area (Å²) < 4.78 is 24.3. The molecule has 1 aromatic rings. The van der Waals surface area contributed by atoms with Gasteiger partial charge in [0.25, 0.3) is 0 Å². The first-order valence-corrected chi connectivity index (χ1v) is 7.06. The third kappa shape index (κ3) is 2.38. The van der Waals surface area contributed by atoms with Crippen molar-refractivity contribution in [3.63, 3.8) is 0 Å².